The van der Waals surface area contributed by atoms with E-state index < -0.39 is 6.09 Å². The topological polar surface area (TPSA) is 117 Å². The number of rotatable bonds is 5. The fraction of sp³-hybridized carbons (Fsp3) is 0.393. The Labute approximate surface area is 225 Å². The lowest BCUT2D eigenvalue weighted by Crippen LogP contribution is -2.48. The largest absolute Gasteiger partial charge is 0.465 e. The second-order valence-corrected chi connectivity index (χ2v) is 10.2. The number of anilines is 1. The minimum Gasteiger partial charge on any atom is -0.465 e. The minimum atomic E-state index is -0.946. The predicted octanol–water partition coefficient (Wildman–Crippen LogP) is 2.91. The van der Waals surface area contributed by atoms with Crippen LogP contribution in [0.15, 0.2) is 47.3 Å². The third-order valence-electron chi connectivity index (χ3n) is 7.78. The molecule has 11 nitrogen and oxygen atoms in total. The van der Waals surface area contributed by atoms with E-state index in [1.807, 2.05) is 47.4 Å². The summed E-state index contributed by atoms with van der Waals surface area (Å²) in [5, 5.41) is 11.3. The second-order valence-electron chi connectivity index (χ2n) is 10.2. The van der Waals surface area contributed by atoms with Crippen molar-refractivity contribution in [3.8, 4) is 11.7 Å². The molecule has 0 unspecified atom stereocenters. The zero-order chi connectivity index (χ0) is 27.1. The van der Waals surface area contributed by atoms with Gasteiger partial charge in [-0.3, -0.25) is 9.36 Å². The van der Waals surface area contributed by atoms with Crippen LogP contribution in [0.4, 0.5) is 10.6 Å². The number of likely N-dealkylation sites (N-methyl/N-ethyl adjacent to an activating group) is 1. The number of carbonyl (C=O) groups is 1. The number of likely N-dealkylation sites (tertiary alicyclic amines) is 1. The molecule has 0 aliphatic carbocycles. The number of ether oxygens (including phenoxy) is 1. The molecule has 39 heavy (non-hydrogen) atoms. The van der Waals surface area contributed by atoms with Gasteiger partial charge >= 0.3 is 12.1 Å². The monoisotopic (exact) mass is 529 g/mol. The summed E-state index contributed by atoms with van der Waals surface area (Å²) >= 11 is 0. The Balaban J connectivity index is 1.48. The third-order valence-corrected chi connectivity index (χ3v) is 7.78. The van der Waals surface area contributed by atoms with Crippen LogP contribution < -0.4 is 15.2 Å². The van der Waals surface area contributed by atoms with Crippen molar-refractivity contribution in [3.63, 3.8) is 0 Å². The van der Waals surface area contributed by atoms with Gasteiger partial charge in [-0.25, -0.2) is 9.78 Å². The number of carboxylic acid groups (broad SMARTS) is 1. The Hall–Kier alpha value is -4.25. The molecule has 0 radical (unpaired) electrons. The number of aryl methyl sites for hydroxylation is 1. The van der Waals surface area contributed by atoms with Crippen LogP contribution in [-0.4, -0.2) is 92.9 Å². The summed E-state index contributed by atoms with van der Waals surface area (Å²) in [7, 11) is 2.07. The number of hydrogen-bond acceptors (Lipinski definition) is 8. The number of fused-ring (bicyclic) bond motifs is 2. The van der Waals surface area contributed by atoms with Crippen molar-refractivity contribution < 1.29 is 14.6 Å². The molecule has 0 spiro atoms. The molecule has 2 aromatic heterocycles. The molecule has 2 aromatic carbocycles. The Kier molecular flexibility index (Phi) is 6.51. The van der Waals surface area contributed by atoms with Crippen LogP contribution >= 0.6 is 0 Å². The zero-order valence-corrected chi connectivity index (χ0v) is 22.1. The molecule has 2 saturated heterocycles. The first-order valence-electron chi connectivity index (χ1n) is 13.3. The van der Waals surface area contributed by atoms with E-state index in [-0.39, 0.29) is 23.1 Å². The fourth-order valence-corrected chi connectivity index (χ4v) is 5.58. The van der Waals surface area contributed by atoms with E-state index in [4.69, 9.17) is 14.7 Å². The van der Waals surface area contributed by atoms with E-state index >= 15 is 0 Å². The molecule has 0 saturated carbocycles. The minimum absolute atomic E-state index is 0.130. The highest BCUT2D eigenvalue weighted by Gasteiger charge is 2.27. The Morgan fingerprint density at radius 2 is 1.77 bits per heavy atom. The number of piperazine rings is 1. The van der Waals surface area contributed by atoms with Gasteiger partial charge in [0.25, 0.3) is 5.56 Å². The number of aromatic nitrogens is 4. The van der Waals surface area contributed by atoms with Gasteiger partial charge in [0.15, 0.2) is 11.3 Å². The normalized spacial score (nSPS) is 18.3. The standard InChI is InChI=1S/C28H31N7O4/c1-18-29-23-24(26(36)35(18)22-11-5-8-19-7-3-4-10-21(19)22)30-27(39-17-20-9-6-12-32(20)2)31-25(23)33-13-15-34(16-14-33)28(37)38/h3-5,7-8,10-11,20H,6,9,12-17H2,1-2H3,(H,37,38)/t20-/m0/s1. The van der Waals surface area contributed by atoms with Gasteiger partial charge in [-0.2, -0.15) is 9.97 Å². The highest BCUT2D eigenvalue weighted by molar-refractivity contribution is 5.91. The van der Waals surface area contributed by atoms with Crippen LogP contribution in [0.3, 0.4) is 0 Å². The number of hydrogen-bond donors (Lipinski definition) is 1. The highest BCUT2D eigenvalue weighted by Crippen LogP contribution is 2.27. The van der Waals surface area contributed by atoms with E-state index in [0.29, 0.717) is 49.9 Å². The first kappa shape index (κ1) is 25.1. The summed E-state index contributed by atoms with van der Waals surface area (Å²) in [5.74, 6) is 1.00. The van der Waals surface area contributed by atoms with Crippen LogP contribution in [0, 0.1) is 6.92 Å². The maximum atomic E-state index is 14.1. The van der Waals surface area contributed by atoms with E-state index in [1.165, 1.54) is 4.90 Å². The van der Waals surface area contributed by atoms with E-state index in [0.717, 1.165) is 35.8 Å². The summed E-state index contributed by atoms with van der Waals surface area (Å²) in [6.07, 6.45) is 1.20. The van der Waals surface area contributed by atoms with Gasteiger partial charge in [0.05, 0.1) is 5.69 Å². The van der Waals surface area contributed by atoms with Gasteiger partial charge in [0.1, 0.15) is 17.9 Å². The lowest BCUT2D eigenvalue weighted by molar-refractivity contribution is 0.142. The van der Waals surface area contributed by atoms with Gasteiger partial charge in [0, 0.05) is 37.6 Å². The fourth-order valence-electron chi connectivity index (χ4n) is 5.58. The zero-order valence-electron chi connectivity index (χ0n) is 22.1. The summed E-state index contributed by atoms with van der Waals surface area (Å²) in [5.41, 5.74) is 0.997. The van der Waals surface area contributed by atoms with Crippen LogP contribution in [0.25, 0.3) is 27.5 Å². The summed E-state index contributed by atoms with van der Waals surface area (Å²) in [6.45, 7) is 4.75. The highest BCUT2D eigenvalue weighted by atomic mass is 16.5. The smallest absolute Gasteiger partial charge is 0.407 e. The lowest BCUT2D eigenvalue weighted by Gasteiger charge is -2.34. The lowest BCUT2D eigenvalue weighted by atomic mass is 10.1. The van der Waals surface area contributed by atoms with Crippen molar-refractivity contribution in [2.24, 2.45) is 0 Å². The van der Waals surface area contributed by atoms with Crippen LogP contribution in [-0.2, 0) is 0 Å². The predicted molar refractivity (Wildman–Crippen MR) is 148 cm³/mol. The molecule has 2 aliphatic heterocycles. The van der Waals surface area contributed by atoms with E-state index in [1.54, 1.807) is 11.5 Å². The molecular formula is C28H31N7O4. The first-order valence-corrected chi connectivity index (χ1v) is 13.3. The van der Waals surface area contributed by atoms with E-state index in [9.17, 15) is 14.7 Å². The van der Waals surface area contributed by atoms with Gasteiger partial charge in [-0.1, -0.05) is 36.4 Å². The van der Waals surface area contributed by atoms with Crippen molar-refractivity contribution in [1.82, 2.24) is 29.3 Å². The molecule has 202 valence electrons. The van der Waals surface area contributed by atoms with Crippen molar-refractivity contribution >= 4 is 33.7 Å². The van der Waals surface area contributed by atoms with Gasteiger partial charge in [-0.15, -0.1) is 0 Å². The number of nitrogens with zero attached hydrogens (tertiary/aromatic N) is 7. The summed E-state index contributed by atoms with van der Waals surface area (Å²) in [6, 6.07) is 14.1. The molecule has 0 bridgehead atoms. The summed E-state index contributed by atoms with van der Waals surface area (Å²) in [4.78, 5) is 45.3. The molecule has 1 N–H and O–H groups in total. The van der Waals surface area contributed by atoms with Crippen molar-refractivity contribution in [3.05, 3.63) is 58.6 Å². The molecule has 2 fully saturated rings. The molecule has 4 heterocycles. The molecule has 11 heteroatoms. The molecule has 1 amide bonds. The van der Waals surface area contributed by atoms with Gasteiger partial charge < -0.3 is 24.5 Å². The Morgan fingerprint density at radius 3 is 2.51 bits per heavy atom. The average molecular weight is 530 g/mol. The van der Waals surface area contributed by atoms with Gasteiger partial charge in [0.2, 0.25) is 0 Å². The van der Waals surface area contributed by atoms with Crippen LogP contribution in [0.2, 0.25) is 0 Å². The summed E-state index contributed by atoms with van der Waals surface area (Å²) < 4.78 is 7.68. The van der Waals surface area contributed by atoms with Crippen LogP contribution in [0.1, 0.15) is 18.7 Å². The molecule has 4 aromatic rings. The quantitative estimate of drug-likeness (QED) is 0.416. The van der Waals surface area contributed by atoms with Crippen molar-refractivity contribution in [2.75, 3.05) is 51.3 Å². The van der Waals surface area contributed by atoms with Gasteiger partial charge in [-0.05, 0) is 44.8 Å². The Bertz CT molecular complexity index is 1610. The molecule has 6 rings (SSSR count). The van der Waals surface area contributed by atoms with Crippen molar-refractivity contribution in [2.45, 2.75) is 25.8 Å². The maximum absolute atomic E-state index is 14.1. The number of amides is 1. The van der Waals surface area contributed by atoms with Crippen LogP contribution in [0.5, 0.6) is 6.01 Å². The third kappa shape index (κ3) is 4.63. The van der Waals surface area contributed by atoms with Crippen molar-refractivity contribution in [1.29, 1.82) is 0 Å². The molecule has 2 aliphatic rings. The Morgan fingerprint density at radius 1 is 1.00 bits per heavy atom. The van der Waals surface area contributed by atoms with E-state index in [2.05, 4.69) is 16.9 Å². The molecular weight excluding hydrogens is 498 g/mol. The number of benzene rings is 2. The second kappa shape index (κ2) is 10.1. The maximum Gasteiger partial charge on any atom is 0.407 e. The average Bonchev–Trinajstić information content (AvgIpc) is 3.36. The molecule has 1 atom stereocenters. The first-order chi connectivity index (χ1) is 18.9. The SMILES string of the molecule is Cc1nc2c(N3CCN(C(=O)O)CC3)nc(OC[C@@H]3CCCN3C)nc2c(=O)n1-c1cccc2ccccc12.